The Kier molecular flexibility index (Phi) is 3.76. The van der Waals surface area contributed by atoms with Crippen LogP contribution in [-0.4, -0.2) is 0 Å². The quantitative estimate of drug-likeness (QED) is 0.795. The van der Waals surface area contributed by atoms with E-state index in [0.29, 0.717) is 6.54 Å². The molecule has 0 aliphatic heterocycles. The van der Waals surface area contributed by atoms with Crippen molar-refractivity contribution < 1.29 is 0 Å². The fourth-order valence-electron chi connectivity index (χ4n) is 1.49. The molecule has 0 amide bonds. The standard InChI is InChI=1S/C11H10ClN.ClH/c12-10-5-4-8-2-1-3-9(7-13)11(8)6-10;/h1-6H,7,13H2;1H. The largest absolute Gasteiger partial charge is 0.326 e. The number of hydrogen-bond acceptors (Lipinski definition) is 1. The number of rotatable bonds is 1. The van der Waals surface area contributed by atoms with Crippen molar-refractivity contribution in [2.45, 2.75) is 6.54 Å². The minimum atomic E-state index is 0. The van der Waals surface area contributed by atoms with Gasteiger partial charge in [0.1, 0.15) is 0 Å². The molecule has 0 heterocycles. The molecule has 2 aromatic rings. The van der Waals surface area contributed by atoms with Crippen molar-refractivity contribution in [3.63, 3.8) is 0 Å². The molecule has 2 N–H and O–H groups in total. The second-order valence-corrected chi connectivity index (χ2v) is 3.42. The van der Waals surface area contributed by atoms with Crippen molar-refractivity contribution >= 4 is 34.8 Å². The van der Waals surface area contributed by atoms with Crippen LogP contribution in [0.25, 0.3) is 10.8 Å². The van der Waals surface area contributed by atoms with Gasteiger partial charge in [0.25, 0.3) is 0 Å². The zero-order valence-electron chi connectivity index (χ0n) is 7.53. The molecule has 0 aliphatic rings. The van der Waals surface area contributed by atoms with E-state index in [2.05, 4.69) is 6.07 Å². The van der Waals surface area contributed by atoms with Crippen LogP contribution in [0.3, 0.4) is 0 Å². The molecular weight excluding hydrogens is 217 g/mol. The van der Waals surface area contributed by atoms with E-state index < -0.39 is 0 Å². The first-order valence-electron chi connectivity index (χ1n) is 4.18. The van der Waals surface area contributed by atoms with E-state index in [1.54, 1.807) is 0 Å². The highest BCUT2D eigenvalue weighted by molar-refractivity contribution is 6.31. The molecule has 0 aromatic heterocycles. The van der Waals surface area contributed by atoms with Gasteiger partial charge in [0.15, 0.2) is 0 Å². The first kappa shape index (κ1) is 11.3. The third kappa shape index (κ3) is 2.01. The van der Waals surface area contributed by atoms with Crippen LogP contribution in [0, 0.1) is 0 Å². The topological polar surface area (TPSA) is 26.0 Å². The normalized spacial score (nSPS) is 9.86. The van der Waals surface area contributed by atoms with Gasteiger partial charge in [0.2, 0.25) is 0 Å². The number of hydrogen-bond donors (Lipinski definition) is 1. The second kappa shape index (κ2) is 4.65. The van der Waals surface area contributed by atoms with Crippen LogP contribution in [0.15, 0.2) is 36.4 Å². The summed E-state index contributed by atoms with van der Waals surface area (Å²) in [7, 11) is 0. The third-order valence-electron chi connectivity index (χ3n) is 2.15. The summed E-state index contributed by atoms with van der Waals surface area (Å²) in [5, 5.41) is 3.10. The zero-order valence-corrected chi connectivity index (χ0v) is 9.11. The first-order valence-corrected chi connectivity index (χ1v) is 4.56. The molecule has 2 aromatic carbocycles. The predicted octanol–water partition coefficient (Wildman–Crippen LogP) is 3.37. The van der Waals surface area contributed by atoms with Gasteiger partial charge in [0, 0.05) is 11.6 Å². The van der Waals surface area contributed by atoms with E-state index in [4.69, 9.17) is 17.3 Å². The summed E-state index contributed by atoms with van der Waals surface area (Å²) in [6, 6.07) is 12.0. The smallest absolute Gasteiger partial charge is 0.0412 e. The van der Waals surface area contributed by atoms with Gasteiger partial charge in [-0.3, -0.25) is 0 Å². The molecule has 0 bridgehead atoms. The number of halogens is 2. The zero-order chi connectivity index (χ0) is 9.26. The van der Waals surface area contributed by atoms with E-state index in [9.17, 15) is 0 Å². The van der Waals surface area contributed by atoms with E-state index in [-0.39, 0.29) is 12.4 Å². The van der Waals surface area contributed by atoms with Crippen LogP contribution in [0.1, 0.15) is 5.56 Å². The first-order chi connectivity index (χ1) is 6.31. The summed E-state index contributed by atoms with van der Waals surface area (Å²) in [5.41, 5.74) is 6.76. The molecule has 0 saturated heterocycles. The fraction of sp³-hybridized carbons (Fsp3) is 0.0909. The SMILES string of the molecule is Cl.NCc1cccc2ccc(Cl)cc12. The van der Waals surface area contributed by atoms with Crippen molar-refractivity contribution in [3.8, 4) is 0 Å². The Morgan fingerprint density at radius 2 is 1.93 bits per heavy atom. The Morgan fingerprint density at radius 1 is 1.14 bits per heavy atom. The molecule has 1 nitrogen and oxygen atoms in total. The summed E-state index contributed by atoms with van der Waals surface area (Å²) in [6.07, 6.45) is 0. The van der Waals surface area contributed by atoms with Crippen LogP contribution in [0.4, 0.5) is 0 Å². The lowest BCUT2D eigenvalue weighted by atomic mass is 10.1. The van der Waals surface area contributed by atoms with Gasteiger partial charge in [0.05, 0.1) is 0 Å². The van der Waals surface area contributed by atoms with Crippen molar-refractivity contribution in [2.75, 3.05) is 0 Å². The van der Waals surface area contributed by atoms with Crippen molar-refractivity contribution in [1.29, 1.82) is 0 Å². The van der Waals surface area contributed by atoms with E-state index >= 15 is 0 Å². The predicted molar refractivity (Wildman–Crippen MR) is 64.1 cm³/mol. The molecule has 0 saturated carbocycles. The average Bonchev–Trinajstić information content (AvgIpc) is 2.17. The molecular formula is C11H11Cl2N. The summed E-state index contributed by atoms with van der Waals surface area (Å²) in [5.74, 6) is 0. The Bertz CT molecular complexity index is 440. The highest BCUT2D eigenvalue weighted by Gasteiger charge is 1.98. The van der Waals surface area contributed by atoms with Gasteiger partial charge in [-0.1, -0.05) is 35.9 Å². The van der Waals surface area contributed by atoms with Gasteiger partial charge in [-0.05, 0) is 28.5 Å². The minimum Gasteiger partial charge on any atom is -0.326 e. The van der Waals surface area contributed by atoms with Gasteiger partial charge in [-0.25, -0.2) is 0 Å². The number of fused-ring (bicyclic) bond motifs is 1. The molecule has 0 atom stereocenters. The van der Waals surface area contributed by atoms with Crippen LogP contribution in [-0.2, 0) is 6.54 Å². The Labute approximate surface area is 94.3 Å². The molecule has 0 aliphatic carbocycles. The fourth-order valence-corrected chi connectivity index (χ4v) is 1.66. The highest BCUT2D eigenvalue weighted by atomic mass is 35.5. The summed E-state index contributed by atoms with van der Waals surface area (Å²) < 4.78 is 0. The maximum atomic E-state index is 5.91. The van der Waals surface area contributed by atoms with Gasteiger partial charge in [-0.15, -0.1) is 12.4 Å². The molecule has 0 radical (unpaired) electrons. The summed E-state index contributed by atoms with van der Waals surface area (Å²) in [6.45, 7) is 0.553. The maximum Gasteiger partial charge on any atom is 0.0412 e. The van der Waals surface area contributed by atoms with E-state index in [1.165, 1.54) is 5.39 Å². The van der Waals surface area contributed by atoms with Crippen LogP contribution >= 0.6 is 24.0 Å². The Hall–Kier alpha value is -0.760. The van der Waals surface area contributed by atoms with Crippen LogP contribution in [0.5, 0.6) is 0 Å². The van der Waals surface area contributed by atoms with Crippen molar-refractivity contribution in [1.82, 2.24) is 0 Å². The van der Waals surface area contributed by atoms with Crippen LogP contribution < -0.4 is 5.73 Å². The van der Waals surface area contributed by atoms with Gasteiger partial charge in [-0.2, -0.15) is 0 Å². The highest BCUT2D eigenvalue weighted by Crippen LogP contribution is 2.22. The molecule has 0 fully saturated rings. The molecule has 2 rings (SSSR count). The number of nitrogens with two attached hydrogens (primary N) is 1. The third-order valence-corrected chi connectivity index (χ3v) is 2.39. The maximum absolute atomic E-state index is 5.91. The van der Waals surface area contributed by atoms with Gasteiger partial charge >= 0.3 is 0 Å². The molecule has 0 spiro atoms. The monoisotopic (exact) mass is 227 g/mol. The summed E-state index contributed by atoms with van der Waals surface area (Å²) in [4.78, 5) is 0. The van der Waals surface area contributed by atoms with Crippen molar-refractivity contribution in [2.24, 2.45) is 5.73 Å². The number of benzene rings is 2. The lowest BCUT2D eigenvalue weighted by molar-refractivity contribution is 1.09. The Balaban J connectivity index is 0.000000980. The molecule has 74 valence electrons. The van der Waals surface area contributed by atoms with Crippen molar-refractivity contribution in [3.05, 3.63) is 47.0 Å². The molecule has 3 heteroatoms. The average molecular weight is 228 g/mol. The molecule has 14 heavy (non-hydrogen) atoms. The van der Waals surface area contributed by atoms with E-state index in [0.717, 1.165) is 16.0 Å². The lowest BCUT2D eigenvalue weighted by Gasteiger charge is -2.03. The second-order valence-electron chi connectivity index (χ2n) is 2.99. The summed E-state index contributed by atoms with van der Waals surface area (Å²) >= 11 is 5.91. The Morgan fingerprint density at radius 3 is 2.64 bits per heavy atom. The van der Waals surface area contributed by atoms with E-state index in [1.807, 2.05) is 30.3 Å². The minimum absolute atomic E-state index is 0. The van der Waals surface area contributed by atoms with Crippen LogP contribution in [0.2, 0.25) is 5.02 Å². The molecule has 0 unspecified atom stereocenters. The van der Waals surface area contributed by atoms with Gasteiger partial charge < -0.3 is 5.73 Å². The lowest BCUT2D eigenvalue weighted by Crippen LogP contribution is -1.96.